The maximum absolute atomic E-state index is 5.95. The molecule has 2 aliphatic rings. The van der Waals surface area contributed by atoms with Gasteiger partial charge in [0.05, 0.1) is 11.3 Å². The molecule has 21 heavy (non-hydrogen) atoms. The van der Waals surface area contributed by atoms with Crippen molar-refractivity contribution in [3.8, 4) is 0 Å². The summed E-state index contributed by atoms with van der Waals surface area (Å²) < 4.78 is 1.94. The van der Waals surface area contributed by atoms with E-state index in [2.05, 4.69) is 21.8 Å². The zero-order valence-electron chi connectivity index (χ0n) is 13.2. The van der Waals surface area contributed by atoms with Crippen molar-refractivity contribution < 1.29 is 0 Å². The average molecular weight is 307 g/mol. The molecule has 1 aromatic rings. The molecule has 3 heterocycles. The number of piperidine rings is 1. The van der Waals surface area contributed by atoms with E-state index in [1.165, 1.54) is 25.8 Å². The molecule has 0 aromatic carbocycles. The Morgan fingerprint density at radius 3 is 2.81 bits per heavy atom. The van der Waals surface area contributed by atoms with Crippen LogP contribution in [0.4, 0.5) is 5.82 Å². The fourth-order valence-electron chi connectivity index (χ4n) is 3.91. The average Bonchev–Trinajstić information content (AvgIpc) is 2.72. The molecular weight excluding hydrogens is 282 g/mol. The molecular formula is C15H25N5S. The maximum atomic E-state index is 5.95. The molecule has 1 aromatic heterocycles. The lowest BCUT2D eigenvalue weighted by Gasteiger charge is -2.48. The Morgan fingerprint density at radius 2 is 2.10 bits per heavy atom. The summed E-state index contributed by atoms with van der Waals surface area (Å²) in [5.41, 5.74) is 7.83. The van der Waals surface area contributed by atoms with Gasteiger partial charge in [0.25, 0.3) is 0 Å². The molecule has 2 fully saturated rings. The molecule has 0 bridgehead atoms. The molecule has 2 saturated heterocycles. The van der Waals surface area contributed by atoms with E-state index < -0.39 is 0 Å². The number of aryl methyl sites for hydroxylation is 2. The highest BCUT2D eigenvalue weighted by atomic mass is 32.1. The van der Waals surface area contributed by atoms with Gasteiger partial charge < -0.3 is 10.6 Å². The first-order valence-electron chi connectivity index (χ1n) is 7.83. The third-order valence-electron chi connectivity index (χ3n) is 4.90. The van der Waals surface area contributed by atoms with Crippen LogP contribution in [0.3, 0.4) is 0 Å². The first-order valence-corrected chi connectivity index (χ1v) is 8.24. The molecule has 2 N–H and O–H groups in total. The summed E-state index contributed by atoms with van der Waals surface area (Å²) in [5, 5.41) is 4.54. The first-order chi connectivity index (χ1) is 9.99. The molecule has 6 heteroatoms. The Morgan fingerprint density at radius 1 is 1.33 bits per heavy atom. The van der Waals surface area contributed by atoms with E-state index in [9.17, 15) is 0 Å². The largest absolute Gasteiger partial charge is 0.389 e. The molecule has 0 aliphatic carbocycles. The van der Waals surface area contributed by atoms with Crippen molar-refractivity contribution in [3.05, 3.63) is 11.3 Å². The van der Waals surface area contributed by atoms with Crippen LogP contribution >= 0.6 is 12.2 Å². The molecule has 2 unspecified atom stereocenters. The number of aromatic nitrogens is 2. The van der Waals surface area contributed by atoms with Crippen molar-refractivity contribution in [1.82, 2.24) is 14.7 Å². The summed E-state index contributed by atoms with van der Waals surface area (Å²) in [6, 6.07) is 1.12. The lowest BCUT2D eigenvalue weighted by atomic mass is 9.97. The van der Waals surface area contributed by atoms with Crippen molar-refractivity contribution >= 4 is 23.0 Å². The summed E-state index contributed by atoms with van der Waals surface area (Å²) in [4.78, 5) is 5.56. The minimum atomic E-state index is 0.453. The number of thiocarbonyl (C=S) groups is 1. The van der Waals surface area contributed by atoms with Crippen molar-refractivity contribution in [2.45, 2.75) is 45.2 Å². The Hall–Kier alpha value is -1.14. The predicted octanol–water partition coefficient (Wildman–Crippen LogP) is 1.43. The maximum Gasteiger partial charge on any atom is 0.137 e. The second kappa shape index (κ2) is 5.57. The first kappa shape index (κ1) is 14.8. The molecule has 0 amide bonds. The van der Waals surface area contributed by atoms with Crippen LogP contribution in [0.2, 0.25) is 0 Å². The van der Waals surface area contributed by atoms with Crippen LogP contribution in [0.5, 0.6) is 0 Å². The zero-order chi connectivity index (χ0) is 15.1. The number of fused-ring (bicyclic) bond motifs is 1. The normalized spacial score (nSPS) is 26.7. The van der Waals surface area contributed by atoms with Crippen molar-refractivity contribution in [1.29, 1.82) is 0 Å². The van der Waals surface area contributed by atoms with Gasteiger partial charge in [0.1, 0.15) is 10.8 Å². The molecule has 5 nitrogen and oxygen atoms in total. The molecule has 0 saturated carbocycles. The summed E-state index contributed by atoms with van der Waals surface area (Å²) >= 11 is 5.26. The topological polar surface area (TPSA) is 50.3 Å². The number of hydrogen-bond acceptors (Lipinski definition) is 4. The number of anilines is 1. The second-order valence-electron chi connectivity index (χ2n) is 6.42. The molecule has 116 valence electrons. The zero-order valence-corrected chi connectivity index (χ0v) is 14.0. The van der Waals surface area contributed by atoms with E-state index in [1.54, 1.807) is 0 Å². The van der Waals surface area contributed by atoms with Crippen molar-refractivity contribution in [2.75, 3.05) is 24.5 Å². The van der Waals surface area contributed by atoms with Gasteiger partial charge in [-0.25, -0.2) is 0 Å². The van der Waals surface area contributed by atoms with Gasteiger partial charge in [0, 0.05) is 32.2 Å². The van der Waals surface area contributed by atoms with Gasteiger partial charge in [-0.05, 0) is 33.2 Å². The number of nitrogens with zero attached hydrogens (tertiary/aromatic N) is 4. The lowest BCUT2D eigenvalue weighted by Crippen LogP contribution is -2.59. The van der Waals surface area contributed by atoms with Crippen molar-refractivity contribution in [3.63, 3.8) is 0 Å². The quantitative estimate of drug-likeness (QED) is 0.838. The molecule has 2 atom stereocenters. The van der Waals surface area contributed by atoms with Crippen LogP contribution in [-0.2, 0) is 7.05 Å². The van der Waals surface area contributed by atoms with Gasteiger partial charge in [0.15, 0.2) is 0 Å². The Labute approximate surface area is 132 Å². The highest BCUT2D eigenvalue weighted by molar-refractivity contribution is 7.80. The van der Waals surface area contributed by atoms with Gasteiger partial charge in [-0.1, -0.05) is 18.6 Å². The van der Waals surface area contributed by atoms with Gasteiger partial charge in [-0.3, -0.25) is 9.58 Å². The highest BCUT2D eigenvalue weighted by Crippen LogP contribution is 2.31. The smallest absolute Gasteiger partial charge is 0.137 e. The monoisotopic (exact) mass is 307 g/mol. The highest BCUT2D eigenvalue weighted by Gasteiger charge is 2.35. The Balaban J connectivity index is 1.94. The Kier molecular flexibility index (Phi) is 3.92. The summed E-state index contributed by atoms with van der Waals surface area (Å²) in [6.45, 7) is 7.69. The number of hydrogen-bond donors (Lipinski definition) is 1. The van der Waals surface area contributed by atoms with Crippen LogP contribution < -0.4 is 10.6 Å². The minimum Gasteiger partial charge on any atom is -0.389 e. The van der Waals surface area contributed by atoms with E-state index >= 15 is 0 Å². The van der Waals surface area contributed by atoms with E-state index in [0.29, 0.717) is 17.1 Å². The van der Waals surface area contributed by atoms with Gasteiger partial charge >= 0.3 is 0 Å². The third-order valence-corrected chi connectivity index (χ3v) is 5.10. The van der Waals surface area contributed by atoms with E-state index in [4.69, 9.17) is 18.0 Å². The van der Waals surface area contributed by atoms with E-state index in [1.807, 2.05) is 18.7 Å². The summed E-state index contributed by atoms with van der Waals surface area (Å²) in [7, 11) is 1.99. The number of nitrogens with two attached hydrogens (primary N) is 1. The van der Waals surface area contributed by atoms with Crippen LogP contribution in [0.25, 0.3) is 0 Å². The fourth-order valence-corrected chi connectivity index (χ4v) is 4.15. The molecule has 3 rings (SSSR count). The predicted molar refractivity (Wildman–Crippen MR) is 89.9 cm³/mol. The lowest BCUT2D eigenvalue weighted by molar-refractivity contribution is 0.115. The van der Waals surface area contributed by atoms with Crippen LogP contribution in [0.1, 0.15) is 37.4 Å². The van der Waals surface area contributed by atoms with Crippen molar-refractivity contribution in [2.24, 2.45) is 12.8 Å². The fraction of sp³-hybridized carbons (Fsp3) is 0.733. The van der Waals surface area contributed by atoms with Crippen LogP contribution in [0.15, 0.2) is 0 Å². The van der Waals surface area contributed by atoms with Crippen LogP contribution in [-0.4, -0.2) is 51.4 Å². The molecule has 0 radical (unpaired) electrons. The van der Waals surface area contributed by atoms with E-state index in [0.717, 1.165) is 30.2 Å². The molecule has 0 spiro atoms. The summed E-state index contributed by atoms with van der Waals surface area (Å²) in [6.07, 6.45) is 3.98. The SMILES string of the molecule is Cc1nn(C)c(N2CC3CCCCN3CC2C)c1C(N)=S. The van der Waals surface area contributed by atoms with Gasteiger partial charge in [-0.15, -0.1) is 0 Å². The number of rotatable bonds is 2. The van der Waals surface area contributed by atoms with Gasteiger partial charge in [0.2, 0.25) is 0 Å². The van der Waals surface area contributed by atoms with Gasteiger partial charge in [-0.2, -0.15) is 5.10 Å². The Bertz CT molecular complexity index is 553. The van der Waals surface area contributed by atoms with E-state index in [-0.39, 0.29) is 0 Å². The second-order valence-corrected chi connectivity index (χ2v) is 6.86. The minimum absolute atomic E-state index is 0.453. The number of piperazine rings is 1. The third kappa shape index (κ3) is 2.55. The van der Waals surface area contributed by atoms with Crippen LogP contribution in [0, 0.1) is 6.92 Å². The molecule has 2 aliphatic heterocycles. The summed E-state index contributed by atoms with van der Waals surface area (Å²) in [5.74, 6) is 1.10. The standard InChI is InChI=1S/C15H25N5S/c1-10-8-19-7-5-4-6-12(19)9-20(10)15-13(14(16)21)11(2)17-18(15)3/h10,12H,4-9H2,1-3H3,(H2,16,21).